The number of carbonyl (C=O) groups excluding carboxylic acids is 2. The summed E-state index contributed by atoms with van der Waals surface area (Å²) in [6.45, 7) is 5.44. The number of hydrogen-bond acceptors (Lipinski definition) is 9. The van der Waals surface area contributed by atoms with Crippen LogP contribution in [0.15, 0.2) is 15.6 Å². The zero-order chi connectivity index (χ0) is 19.3. The molecule has 0 saturated carbocycles. The predicted octanol–water partition coefficient (Wildman–Crippen LogP) is 0.0687. The number of aliphatic hydroxyl groups excluding tert-OH is 2. The molecule has 0 aliphatic carbocycles. The summed E-state index contributed by atoms with van der Waals surface area (Å²) < 4.78 is 4.79. The van der Waals surface area contributed by atoms with E-state index in [9.17, 15) is 14.7 Å². The molecule has 4 atom stereocenters. The Hall–Kier alpha value is -1.23. The Labute approximate surface area is 166 Å². The van der Waals surface area contributed by atoms with E-state index >= 15 is 0 Å². The Balaban J connectivity index is 1.51. The van der Waals surface area contributed by atoms with Crippen LogP contribution in [0.2, 0.25) is 0 Å². The number of amidine groups is 1. The highest BCUT2D eigenvalue weighted by Crippen LogP contribution is 2.52. The second-order valence-electron chi connectivity index (χ2n) is 7.19. The number of aliphatic imine (C=N–C) groups is 1. The van der Waals surface area contributed by atoms with Crippen LogP contribution in [0, 0.1) is 11.8 Å². The normalized spacial score (nSPS) is 31.5. The fraction of sp³-hybridized carbons (Fsp3) is 0.706. The predicted molar refractivity (Wildman–Crippen MR) is 103 cm³/mol. The molecule has 8 nitrogen and oxygen atoms in total. The molecule has 4 aliphatic heterocycles. The Morgan fingerprint density at radius 1 is 1.48 bits per heavy atom. The van der Waals surface area contributed by atoms with E-state index in [4.69, 9.17) is 9.84 Å². The van der Waals surface area contributed by atoms with E-state index in [1.165, 1.54) is 4.90 Å². The van der Waals surface area contributed by atoms with Crippen LogP contribution in [0.4, 0.5) is 0 Å². The van der Waals surface area contributed by atoms with Gasteiger partial charge in [0.15, 0.2) is 12.0 Å². The topological polar surface area (TPSA) is 103 Å². The molecule has 4 heterocycles. The molecule has 2 saturated heterocycles. The average molecular weight is 414 g/mol. The molecule has 0 spiro atoms. The second kappa shape index (κ2) is 7.31. The molecule has 0 aromatic heterocycles. The second-order valence-corrected chi connectivity index (χ2v) is 9.59. The van der Waals surface area contributed by atoms with Crippen molar-refractivity contribution in [2.45, 2.75) is 31.2 Å². The van der Waals surface area contributed by atoms with Crippen molar-refractivity contribution >= 4 is 40.6 Å². The van der Waals surface area contributed by atoms with Gasteiger partial charge in [0.05, 0.1) is 24.6 Å². The molecule has 4 aliphatic rings. The van der Waals surface area contributed by atoms with Crippen LogP contribution in [0.25, 0.3) is 0 Å². The monoisotopic (exact) mass is 413 g/mol. The molecule has 10 heteroatoms. The van der Waals surface area contributed by atoms with Gasteiger partial charge in [-0.25, -0.2) is 4.79 Å². The first-order valence-corrected chi connectivity index (χ1v) is 10.9. The first-order valence-electron chi connectivity index (χ1n) is 9.06. The molecule has 0 bridgehead atoms. The number of fused-ring (bicyclic) bond motifs is 1. The van der Waals surface area contributed by atoms with Crippen molar-refractivity contribution in [3.63, 3.8) is 0 Å². The van der Waals surface area contributed by atoms with Gasteiger partial charge in [0.1, 0.15) is 5.70 Å². The van der Waals surface area contributed by atoms with Crippen LogP contribution < -0.4 is 0 Å². The Morgan fingerprint density at radius 3 is 2.81 bits per heavy atom. The lowest BCUT2D eigenvalue weighted by molar-refractivity contribution is -0.166. The third kappa shape index (κ3) is 3.06. The van der Waals surface area contributed by atoms with E-state index in [1.54, 1.807) is 30.4 Å². The van der Waals surface area contributed by atoms with Crippen LogP contribution in [0.3, 0.4) is 0 Å². The first kappa shape index (κ1) is 19.1. The van der Waals surface area contributed by atoms with E-state index in [0.29, 0.717) is 5.25 Å². The average Bonchev–Trinajstić information content (AvgIpc) is 3.16. The fourth-order valence-electron chi connectivity index (χ4n) is 4.16. The summed E-state index contributed by atoms with van der Waals surface area (Å²) in [4.78, 5) is 33.9. The summed E-state index contributed by atoms with van der Waals surface area (Å²) in [6, 6.07) is -0.229. The molecule has 27 heavy (non-hydrogen) atoms. The maximum atomic E-state index is 12.5. The van der Waals surface area contributed by atoms with Crippen molar-refractivity contribution < 1.29 is 24.5 Å². The molecule has 0 aromatic carbocycles. The van der Waals surface area contributed by atoms with Crippen molar-refractivity contribution in [2.24, 2.45) is 16.8 Å². The number of aliphatic hydroxyl groups is 2. The third-order valence-electron chi connectivity index (χ3n) is 5.48. The zero-order valence-corrected chi connectivity index (χ0v) is 16.8. The first-order chi connectivity index (χ1) is 12.9. The van der Waals surface area contributed by atoms with Gasteiger partial charge in [-0.3, -0.25) is 9.79 Å². The van der Waals surface area contributed by atoms with Crippen LogP contribution in [-0.2, 0) is 14.3 Å². The molecule has 2 fully saturated rings. The summed E-state index contributed by atoms with van der Waals surface area (Å²) in [5.41, 5.74) is 0.236. The molecular formula is C17H23N3O5S2. The molecule has 4 rings (SSSR count). The van der Waals surface area contributed by atoms with Gasteiger partial charge in [0, 0.05) is 34.9 Å². The lowest BCUT2D eigenvalue weighted by Crippen LogP contribution is -2.63. The summed E-state index contributed by atoms with van der Waals surface area (Å²) in [5, 5.41) is 20.3. The molecule has 0 unspecified atom stereocenters. The number of likely N-dealkylation sites (tertiary alicyclic amines) is 1. The van der Waals surface area contributed by atoms with Gasteiger partial charge in [0.2, 0.25) is 5.91 Å². The summed E-state index contributed by atoms with van der Waals surface area (Å²) in [6.07, 6.45) is -0.766. The minimum Gasteiger partial charge on any atom is -0.434 e. The number of thioether (sulfide) groups is 2. The van der Waals surface area contributed by atoms with Crippen LogP contribution in [-0.4, -0.2) is 86.6 Å². The number of hydrogen-bond donors (Lipinski definition) is 2. The van der Waals surface area contributed by atoms with Crippen LogP contribution in [0.1, 0.15) is 13.8 Å². The van der Waals surface area contributed by atoms with Gasteiger partial charge >= 0.3 is 5.97 Å². The smallest absolute Gasteiger partial charge is 0.358 e. The molecular weight excluding hydrogens is 390 g/mol. The molecule has 0 radical (unpaired) electrons. The lowest BCUT2D eigenvalue weighted by atomic mass is 9.79. The van der Waals surface area contributed by atoms with Gasteiger partial charge in [-0.1, -0.05) is 18.7 Å². The molecule has 148 valence electrons. The number of β-lactam (4-membered cyclic amide) rings is 1. The van der Waals surface area contributed by atoms with E-state index in [0.717, 1.165) is 35.5 Å². The lowest BCUT2D eigenvalue weighted by Gasteiger charge is -2.46. The van der Waals surface area contributed by atoms with E-state index in [-0.39, 0.29) is 23.6 Å². The highest BCUT2D eigenvalue weighted by molar-refractivity contribution is 8.14. The van der Waals surface area contributed by atoms with Gasteiger partial charge in [-0.15, -0.1) is 11.8 Å². The molecule has 2 N–H and O–H groups in total. The zero-order valence-electron chi connectivity index (χ0n) is 15.2. The highest BCUT2D eigenvalue weighted by Gasteiger charge is 2.60. The number of amides is 1. The number of carbonyl (C=O) groups is 2. The Morgan fingerprint density at radius 2 is 2.22 bits per heavy atom. The maximum absolute atomic E-state index is 12.5. The number of ether oxygens (including phenoxy) is 1. The molecule has 0 aromatic rings. The number of esters is 1. The highest BCUT2D eigenvalue weighted by atomic mass is 32.2. The number of rotatable bonds is 5. The Bertz CT molecular complexity index is 719. The van der Waals surface area contributed by atoms with Crippen molar-refractivity contribution in [2.75, 3.05) is 32.2 Å². The van der Waals surface area contributed by atoms with Crippen LogP contribution in [0.5, 0.6) is 0 Å². The summed E-state index contributed by atoms with van der Waals surface area (Å²) >= 11 is 3.38. The van der Waals surface area contributed by atoms with Crippen molar-refractivity contribution in [3.05, 3.63) is 10.6 Å². The van der Waals surface area contributed by atoms with Crippen molar-refractivity contribution in [3.8, 4) is 0 Å². The van der Waals surface area contributed by atoms with E-state index in [2.05, 4.69) is 9.89 Å². The summed E-state index contributed by atoms with van der Waals surface area (Å²) in [5.74, 6) is -0.464. The van der Waals surface area contributed by atoms with Crippen LogP contribution >= 0.6 is 23.5 Å². The fourth-order valence-corrected chi connectivity index (χ4v) is 6.55. The van der Waals surface area contributed by atoms with E-state index < -0.39 is 24.8 Å². The third-order valence-corrected chi connectivity index (χ3v) is 7.96. The largest absolute Gasteiger partial charge is 0.434 e. The van der Waals surface area contributed by atoms with Gasteiger partial charge in [-0.2, -0.15) is 0 Å². The Kier molecular flexibility index (Phi) is 5.17. The van der Waals surface area contributed by atoms with Gasteiger partial charge in [-0.05, 0) is 6.92 Å². The molecule has 1 amide bonds. The SMILES string of the molecule is C[C@@H](O)[C@H]1C(=O)N2C(C(=O)OCO)=C(SC3CN(C4=NCCS4)C3)[C@H](C)[C@H]12. The summed E-state index contributed by atoms with van der Waals surface area (Å²) in [7, 11) is 0. The van der Waals surface area contributed by atoms with Crippen molar-refractivity contribution in [1.82, 2.24) is 9.80 Å². The maximum Gasteiger partial charge on any atom is 0.358 e. The van der Waals surface area contributed by atoms with E-state index in [1.807, 2.05) is 6.92 Å². The number of nitrogens with zero attached hydrogens (tertiary/aromatic N) is 3. The minimum absolute atomic E-state index is 0.0548. The quantitative estimate of drug-likeness (QED) is 0.371. The minimum atomic E-state index is -0.766. The van der Waals surface area contributed by atoms with Gasteiger partial charge < -0.3 is 24.7 Å². The standard InChI is InChI=1S/C17H23N3O5S2/c1-8-12-11(9(2)22)15(23)20(12)13(16(24)25-7-21)14(8)27-10-5-19(6-10)17-18-3-4-26-17/h8-12,21-22H,3-7H2,1-2H3/t8-,9-,11-,12-/m1/s1. The van der Waals surface area contributed by atoms with Crippen molar-refractivity contribution in [1.29, 1.82) is 0 Å². The van der Waals surface area contributed by atoms with Gasteiger partial charge in [0.25, 0.3) is 0 Å².